The Kier molecular flexibility index (Phi) is 4.12. The molecule has 0 saturated carbocycles. The first kappa shape index (κ1) is 16.8. The molecule has 1 aliphatic carbocycles. The molecule has 0 aromatic heterocycles. The molecule has 3 aromatic carbocycles. The number of benzene rings is 3. The number of methoxy groups -OCH3 is 2. The summed E-state index contributed by atoms with van der Waals surface area (Å²) in [6.07, 6.45) is 0. The first-order valence-corrected chi connectivity index (χ1v) is 8.43. The van der Waals surface area contributed by atoms with Crippen LogP contribution in [0.5, 0.6) is 11.5 Å². The Morgan fingerprint density at radius 3 is 2.07 bits per heavy atom. The first-order valence-electron chi connectivity index (χ1n) is 8.43. The van der Waals surface area contributed by atoms with E-state index in [0.717, 1.165) is 11.1 Å². The second kappa shape index (κ2) is 6.61. The number of hydrogen-bond acceptors (Lipinski definition) is 4. The Balaban J connectivity index is 1.64. The molecule has 5 nitrogen and oxygen atoms in total. The monoisotopic (exact) mass is 359 g/mol. The van der Waals surface area contributed by atoms with Gasteiger partial charge in [0.15, 0.2) is 5.78 Å². The minimum Gasteiger partial charge on any atom is -0.497 e. The maximum absolute atomic E-state index is 12.7. The number of ether oxygens (including phenoxy) is 2. The Bertz CT molecular complexity index is 1050. The molecule has 27 heavy (non-hydrogen) atoms. The van der Waals surface area contributed by atoms with Gasteiger partial charge in [0.2, 0.25) is 0 Å². The highest BCUT2D eigenvalue weighted by Gasteiger charge is 2.27. The molecule has 1 N–H and O–H groups in total. The molecule has 0 spiro atoms. The SMILES string of the molecule is COc1cc(NC(=O)c2ccc3c(c2)C(=O)c2ccccc2-3)cc(OC)c1. The Morgan fingerprint density at radius 1 is 0.778 bits per heavy atom. The number of amides is 1. The number of anilines is 1. The minimum atomic E-state index is -0.308. The van der Waals surface area contributed by atoms with E-state index in [4.69, 9.17) is 9.47 Å². The number of hydrogen-bond donors (Lipinski definition) is 1. The molecule has 134 valence electrons. The van der Waals surface area contributed by atoms with Gasteiger partial charge in [0.1, 0.15) is 11.5 Å². The predicted molar refractivity (Wildman–Crippen MR) is 103 cm³/mol. The van der Waals surface area contributed by atoms with Gasteiger partial charge in [0.25, 0.3) is 5.91 Å². The van der Waals surface area contributed by atoms with Crippen molar-refractivity contribution in [2.45, 2.75) is 0 Å². The van der Waals surface area contributed by atoms with Crippen LogP contribution in [0.1, 0.15) is 26.3 Å². The average Bonchev–Trinajstić information content (AvgIpc) is 2.99. The fourth-order valence-corrected chi connectivity index (χ4v) is 3.25. The Morgan fingerprint density at radius 2 is 1.41 bits per heavy atom. The van der Waals surface area contributed by atoms with Crippen molar-refractivity contribution in [2.24, 2.45) is 0 Å². The highest BCUT2D eigenvalue weighted by Crippen LogP contribution is 2.36. The molecule has 0 unspecified atom stereocenters. The summed E-state index contributed by atoms with van der Waals surface area (Å²) in [5.41, 5.74) is 3.94. The molecule has 0 heterocycles. The Labute approximate surface area is 156 Å². The van der Waals surface area contributed by atoms with Crippen LogP contribution in [-0.2, 0) is 0 Å². The third-order valence-electron chi connectivity index (χ3n) is 4.60. The van der Waals surface area contributed by atoms with E-state index in [1.807, 2.05) is 24.3 Å². The highest BCUT2D eigenvalue weighted by atomic mass is 16.5. The van der Waals surface area contributed by atoms with Crippen molar-refractivity contribution in [1.29, 1.82) is 0 Å². The van der Waals surface area contributed by atoms with Gasteiger partial charge < -0.3 is 14.8 Å². The van der Waals surface area contributed by atoms with E-state index in [-0.39, 0.29) is 11.7 Å². The fourth-order valence-electron chi connectivity index (χ4n) is 3.25. The molecule has 4 rings (SSSR count). The van der Waals surface area contributed by atoms with E-state index in [0.29, 0.717) is 33.9 Å². The summed E-state index contributed by atoms with van der Waals surface area (Å²) in [6.45, 7) is 0. The third kappa shape index (κ3) is 2.93. The maximum atomic E-state index is 12.7. The van der Waals surface area contributed by atoms with E-state index in [1.54, 1.807) is 50.6 Å². The molecule has 0 bridgehead atoms. The van der Waals surface area contributed by atoms with E-state index in [9.17, 15) is 9.59 Å². The van der Waals surface area contributed by atoms with Crippen LogP contribution < -0.4 is 14.8 Å². The van der Waals surface area contributed by atoms with E-state index in [1.165, 1.54) is 0 Å². The maximum Gasteiger partial charge on any atom is 0.255 e. The van der Waals surface area contributed by atoms with Crippen molar-refractivity contribution in [1.82, 2.24) is 0 Å². The molecule has 0 fully saturated rings. The van der Waals surface area contributed by atoms with Crippen LogP contribution in [0.25, 0.3) is 11.1 Å². The van der Waals surface area contributed by atoms with Crippen LogP contribution in [0.3, 0.4) is 0 Å². The van der Waals surface area contributed by atoms with Crippen LogP contribution >= 0.6 is 0 Å². The van der Waals surface area contributed by atoms with Crippen molar-refractivity contribution >= 4 is 17.4 Å². The van der Waals surface area contributed by atoms with Gasteiger partial charge in [0.05, 0.1) is 14.2 Å². The summed E-state index contributed by atoms with van der Waals surface area (Å²) in [7, 11) is 3.09. The van der Waals surface area contributed by atoms with Crippen molar-refractivity contribution in [3.63, 3.8) is 0 Å². The number of fused-ring (bicyclic) bond motifs is 3. The van der Waals surface area contributed by atoms with Crippen LogP contribution in [0.15, 0.2) is 60.7 Å². The summed E-state index contributed by atoms with van der Waals surface area (Å²) < 4.78 is 10.4. The van der Waals surface area contributed by atoms with E-state index in [2.05, 4.69) is 5.32 Å². The van der Waals surface area contributed by atoms with Crippen LogP contribution in [0, 0.1) is 0 Å². The number of ketones is 1. The molecule has 3 aromatic rings. The van der Waals surface area contributed by atoms with E-state index < -0.39 is 0 Å². The minimum absolute atomic E-state index is 0.0571. The normalized spacial score (nSPS) is 11.6. The summed E-state index contributed by atoms with van der Waals surface area (Å²) in [6, 6.07) is 17.8. The number of carbonyl (C=O) groups is 2. The lowest BCUT2D eigenvalue weighted by molar-refractivity contribution is 0.102. The lowest BCUT2D eigenvalue weighted by Gasteiger charge is -2.10. The zero-order valence-electron chi connectivity index (χ0n) is 14.9. The topological polar surface area (TPSA) is 64.6 Å². The van der Waals surface area contributed by atoms with Crippen molar-refractivity contribution < 1.29 is 19.1 Å². The first-order chi connectivity index (χ1) is 13.1. The molecule has 0 atom stereocenters. The zero-order valence-corrected chi connectivity index (χ0v) is 14.9. The van der Waals surface area contributed by atoms with Gasteiger partial charge in [-0.05, 0) is 23.3 Å². The molecular formula is C22H17NO4. The smallest absolute Gasteiger partial charge is 0.255 e. The lowest BCUT2D eigenvalue weighted by Crippen LogP contribution is -2.12. The number of nitrogens with one attached hydrogen (secondary N) is 1. The van der Waals surface area contributed by atoms with Gasteiger partial charge in [-0.1, -0.05) is 30.3 Å². The molecule has 0 aliphatic heterocycles. The number of rotatable bonds is 4. The van der Waals surface area contributed by atoms with Crippen molar-refractivity contribution in [3.05, 3.63) is 77.4 Å². The quantitative estimate of drug-likeness (QED) is 0.594. The van der Waals surface area contributed by atoms with E-state index >= 15 is 0 Å². The van der Waals surface area contributed by atoms with Crippen molar-refractivity contribution in [2.75, 3.05) is 19.5 Å². The average molecular weight is 359 g/mol. The summed E-state index contributed by atoms with van der Waals surface area (Å²) >= 11 is 0. The molecule has 0 saturated heterocycles. The Hall–Kier alpha value is -3.60. The largest absolute Gasteiger partial charge is 0.497 e. The molecule has 1 amide bonds. The highest BCUT2D eigenvalue weighted by molar-refractivity contribution is 6.22. The van der Waals surface area contributed by atoms with Gasteiger partial charge in [-0.2, -0.15) is 0 Å². The predicted octanol–water partition coefficient (Wildman–Crippen LogP) is 4.17. The van der Waals surface area contributed by atoms with Gasteiger partial charge in [-0.25, -0.2) is 0 Å². The standard InChI is InChI=1S/C22H17NO4/c1-26-15-10-14(11-16(12-15)27-2)23-22(25)13-7-8-18-17-5-3-4-6-19(17)21(24)20(18)9-13/h3-12H,1-2H3,(H,23,25). The molecule has 1 aliphatic rings. The lowest BCUT2D eigenvalue weighted by atomic mass is 10.0. The summed E-state index contributed by atoms with van der Waals surface area (Å²) in [5, 5.41) is 2.82. The van der Waals surface area contributed by atoms with Gasteiger partial charge in [0, 0.05) is 40.6 Å². The van der Waals surface area contributed by atoms with Crippen LogP contribution in [0.2, 0.25) is 0 Å². The van der Waals surface area contributed by atoms with Crippen molar-refractivity contribution in [3.8, 4) is 22.6 Å². The fraction of sp³-hybridized carbons (Fsp3) is 0.0909. The zero-order chi connectivity index (χ0) is 19.0. The summed E-state index contributed by atoms with van der Waals surface area (Å²) in [4.78, 5) is 25.3. The molecule has 5 heteroatoms. The summed E-state index contributed by atoms with van der Waals surface area (Å²) in [5.74, 6) is 0.781. The second-order valence-electron chi connectivity index (χ2n) is 6.19. The molecular weight excluding hydrogens is 342 g/mol. The third-order valence-corrected chi connectivity index (χ3v) is 4.60. The van der Waals surface area contributed by atoms with Crippen LogP contribution in [0.4, 0.5) is 5.69 Å². The van der Waals surface area contributed by atoms with Gasteiger partial charge in [-0.3, -0.25) is 9.59 Å². The van der Waals surface area contributed by atoms with Gasteiger partial charge >= 0.3 is 0 Å². The van der Waals surface area contributed by atoms with Gasteiger partial charge in [-0.15, -0.1) is 0 Å². The number of carbonyl (C=O) groups excluding carboxylic acids is 2. The molecule has 0 radical (unpaired) electrons. The second-order valence-corrected chi connectivity index (χ2v) is 6.19. The van der Waals surface area contributed by atoms with Crippen LogP contribution in [-0.4, -0.2) is 25.9 Å².